The molecule has 1 rings (SSSR count). The predicted octanol–water partition coefficient (Wildman–Crippen LogP) is 3.07. The summed E-state index contributed by atoms with van der Waals surface area (Å²) in [7, 11) is 0. The van der Waals surface area contributed by atoms with Crippen LogP contribution in [0.4, 0.5) is 11.5 Å². The molecule has 3 nitrogen and oxygen atoms in total. The molecule has 0 aromatic carbocycles. The van der Waals surface area contributed by atoms with E-state index >= 15 is 0 Å². The van der Waals surface area contributed by atoms with E-state index in [1.807, 2.05) is 13.0 Å². The van der Waals surface area contributed by atoms with Crippen molar-refractivity contribution in [1.82, 2.24) is 4.98 Å². The Hall–Kier alpha value is -1.25. The second kappa shape index (κ2) is 4.73. The first-order valence-electron chi connectivity index (χ1n) is 5.77. The smallest absolute Gasteiger partial charge is 0.149 e. The first-order chi connectivity index (χ1) is 7.32. The van der Waals surface area contributed by atoms with Gasteiger partial charge in [-0.3, -0.25) is 0 Å². The van der Waals surface area contributed by atoms with Crippen LogP contribution in [-0.4, -0.2) is 11.5 Å². The summed E-state index contributed by atoms with van der Waals surface area (Å²) in [4.78, 5) is 4.26. The number of aromatic nitrogens is 1. The van der Waals surface area contributed by atoms with Crippen LogP contribution in [0.3, 0.4) is 0 Å². The Balaban J connectivity index is 2.65. The first kappa shape index (κ1) is 12.8. The Morgan fingerprint density at radius 1 is 1.44 bits per heavy atom. The summed E-state index contributed by atoms with van der Waals surface area (Å²) in [6.45, 7) is 11.9. The molecule has 0 saturated carbocycles. The van der Waals surface area contributed by atoms with E-state index in [1.54, 1.807) is 6.20 Å². The van der Waals surface area contributed by atoms with Crippen LogP contribution < -0.4 is 11.1 Å². The van der Waals surface area contributed by atoms with Crippen LogP contribution >= 0.6 is 0 Å². The predicted molar refractivity (Wildman–Crippen MR) is 70.5 cm³/mol. The summed E-state index contributed by atoms with van der Waals surface area (Å²) < 4.78 is 0. The largest absolute Gasteiger partial charge is 0.396 e. The minimum atomic E-state index is 0.297. The maximum absolute atomic E-state index is 5.95. The van der Waals surface area contributed by atoms with Gasteiger partial charge < -0.3 is 11.1 Å². The fourth-order valence-corrected chi connectivity index (χ4v) is 1.27. The lowest BCUT2D eigenvalue weighted by Gasteiger charge is -2.27. The zero-order valence-corrected chi connectivity index (χ0v) is 11.0. The van der Waals surface area contributed by atoms with Crippen molar-refractivity contribution in [1.29, 1.82) is 0 Å². The molecule has 0 radical (unpaired) electrons. The molecule has 0 aliphatic rings. The summed E-state index contributed by atoms with van der Waals surface area (Å²) in [5.41, 5.74) is 8.07. The lowest BCUT2D eigenvalue weighted by Crippen LogP contribution is -2.25. The number of nitrogens with zero attached hydrogens (tertiary/aromatic N) is 1. The van der Waals surface area contributed by atoms with Crippen molar-refractivity contribution in [3.05, 3.63) is 17.8 Å². The fraction of sp³-hybridized carbons (Fsp3) is 0.615. The minimum absolute atomic E-state index is 0.297. The quantitative estimate of drug-likeness (QED) is 0.824. The highest BCUT2D eigenvalue weighted by atomic mass is 15.0. The number of hydrogen-bond acceptors (Lipinski definition) is 3. The third-order valence-electron chi connectivity index (χ3n) is 3.26. The number of aryl methyl sites for hydroxylation is 1. The Labute approximate surface area is 98.5 Å². The van der Waals surface area contributed by atoms with E-state index in [4.69, 9.17) is 5.73 Å². The average molecular weight is 221 g/mol. The Kier molecular flexibility index (Phi) is 3.79. The van der Waals surface area contributed by atoms with Crippen LogP contribution in [0.25, 0.3) is 0 Å². The van der Waals surface area contributed by atoms with Gasteiger partial charge in [0.1, 0.15) is 5.82 Å². The second-order valence-corrected chi connectivity index (χ2v) is 5.54. The standard InChI is InChI=1S/C13H23N3/c1-9-6-7-15-12(11(9)14)16-8-10(2)13(3,4)5/h6-7,10H,8,14H2,1-5H3,(H,15,16). The van der Waals surface area contributed by atoms with Gasteiger partial charge >= 0.3 is 0 Å². The van der Waals surface area contributed by atoms with Crippen molar-refractivity contribution in [2.45, 2.75) is 34.6 Å². The molecule has 0 saturated heterocycles. The van der Waals surface area contributed by atoms with E-state index in [2.05, 4.69) is 38.0 Å². The first-order valence-corrected chi connectivity index (χ1v) is 5.77. The monoisotopic (exact) mass is 221 g/mol. The van der Waals surface area contributed by atoms with Gasteiger partial charge in [-0.15, -0.1) is 0 Å². The van der Waals surface area contributed by atoms with Gasteiger partial charge in [-0.25, -0.2) is 4.98 Å². The number of nitrogens with one attached hydrogen (secondary N) is 1. The Morgan fingerprint density at radius 2 is 2.06 bits per heavy atom. The highest BCUT2D eigenvalue weighted by molar-refractivity contribution is 5.64. The molecular weight excluding hydrogens is 198 g/mol. The van der Waals surface area contributed by atoms with E-state index < -0.39 is 0 Å². The van der Waals surface area contributed by atoms with E-state index in [0.29, 0.717) is 11.3 Å². The van der Waals surface area contributed by atoms with Crippen LogP contribution in [0.2, 0.25) is 0 Å². The summed E-state index contributed by atoms with van der Waals surface area (Å²) >= 11 is 0. The third-order valence-corrected chi connectivity index (χ3v) is 3.26. The molecule has 0 aliphatic carbocycles. The SMILES string of the molecule is Cc1ccnc(NCC(C)C(C)(C)C)c1N. The molecule has 16 heavy (non-hydrogen) atoms. The molecule has 0 bridgehead atoms. The normalized spacial score (nSPS) is 13.6. The van der Waals surface area contributed by atoms with Gasteiger partial charge in [0.25, 0.3) is 0 Å². The van der Waals surface area contributed by atoms with E-state index in [1.165, 1.54) is 0 Å². The van der Waals surface area contributed by atoms with Crippen LogP contribution in [-0.2, 0) is 0 Å². The zero-order valence-electron chi connectivity index (χ0n) is 11.0. The van der Waals surface area contributed by atoms with Gasteiger partial charge in [-0.1, -0.05) is 27.7 Å². The molecule has 1 aromatic heterocycles. The zero-order chi connectivity index (χ0) is 12.3. The topological polar surface area (TPSA) is 50.9 Å². The van der Waals surface area contributed by atoms with Gasteiger partial charge in [0.05, 0.1) is 5.69 Å². The van der Waals surface area contributed by atoms with Crippen molar-refractivity contribution in [3.8, 4) is 0 Å². The van der Waals surface area contributed by atoms with Crippen molar-refractivity contribution in [2.75, 3.05) is 17.6 Å². The Bertz CT molecular complexity index is 353. The summed E-state index contributed by atoms with van der Waals surface area (Å²) in [5, 5.41) is 3.32. The molecule has 0 fully saturated rings. The molecule has 0 amide bonds. The van der Waals surface area contributed by atoms with Gasteiger partial charge in [0, 0.05) is 12.7 Å². The number of nitrogen functional groups attached to an aromatic ring is 1. The highest BCUT2D eigenvalue weighted by Gasteiger charge is 2.19. The molecule has 3 N–H and O–H groups in total. The van der Waals surface area contributed by atoms with Gasteiger partial charge in [0.2, 0.25) is 0 Å². The maximum Gasteiger partial charge on any atom is 0.149 e. The van der Waals surface area contributed by atoms with Crippen molar-refractivity contribution >= 4 is 11.5 Å². The third kappa shape index (κ3) is 3.12. The lowest BCUT2D eigenvalue weighted by atomic mass is 9.82. The Morgan fingerprint density at radius 3 is 2.62 bits per heavy atom. The van der Waals surface area contributed by atoms with Crippen LogP contribution in [0.5, 0.6) is 0 Å². The van der Waals surface area contributed by atoms with Crippen molar-refractivity contribution in [2.24, 2.45) is 11.3 Å². The fourth-order valence-electron chi connectivity index (χ4n) is 1.27. The van der Waals surface area contributed by atoms with Crippen LogP contribution in [0.15, 0.2) is 12.3 Å². The van der Waals surface area contributed by atoms with Crippen molar-refractivity contribution < 1.29 is 0 Å². The summed E-state index contributed by atoms with van der Waals surface area (Å²) in [6, 6.07) is 1.92. The van der Waals surface area contributed by atoms with Gasteiger partial charge in [0.15, 0.2) is 0 Å². The van der Waals surface area contributed by atoms with Crippen molar-refractivity contribution in [3.63, 3.8) is 0 Å². The number of nitrogens with two attached hydrogens (primary N) is 1. The molecule has 1 unspecified atom stereocenters. The minimum Gasteiger partial charge on any atom is -0.396 e. The molecule has 90 valence electrons. The molecular formula is C13H23N3. The molecule has 1 heterocycles. The number of hydrogen-bond donors (Lipinski definition) is 2. The number of rotatable bonds is 3. The maximum atomic E-state index is 5.95. The molecule has 1 aromatic rings. The van der Waals surface area contributed by atoms with E-state index in [0.717, 1.165) is 23.6 Å². The number of pyridine rings is 1. The molecule has 0 aliphatic heterocycles. The summed E-state index contributed by atoms with van der Waals surface area (Å²) in [5.74, 6) is 1.37. The molecule has 0 spiro atoms. The van der Waals surface area contributed by atoms with Gasteiger partial charge in [-0.2, -0.15) is 0 Å². The van der Waals surface area contributed by atoms with Crippen LogP contribution in [0.1, 0.15) is 33.3 Å². The molecule has 3 heteroatoms. The lowest BCUT2D eigenvalue weighted by molar-refractivity contribution is 0.274. The van der Waals surface area contributed by atoms with Crippen LogP contribution in [0, 0.1) is 18.3 Å². The number of anilines is 2. The van der Waals surface area contributed by atoms with E-state index in [-0.39, 0.29) is 0 Å². The van der Waals surface area contributed by atoms with E-state index in [9.17, 15) is 0 Å². The molecule has 1 atom stereocenters. The second-order valence-electron chi connectivity index (χ2n) is 5.54. The average Bonchev–Trinajstić information content (AvgIpc) is 2.18. The van der Waals surface area contributed by atoms with Gasteiger partial charge in [-0.05, 0) is 29.9 Å². The highest BCUT2D eigenvalue weighted by Crippen LogP contribution is 2.26. The summed E-state index contributed by atoms with van der Waals surface area (Å²) in [6.07, 6.45) is 1.79.